The molecule has 0 amide bonds. The average Bonchev–Trinajstić information content (AvgIpc) is 2.57. The molecule has 0 bridgehead atoms. The standard InChI is InChI=1S/C8H12F5N.C7H13F2N.2C2H6/c1-6-2-3-7(9,10)4-14(6)5-8(11,12)13;1-6-3-4-7(8,9)5-10(6)2;2*1-2/h6H,2-5H2,1H3;6H,3-5H2,1-2H3;2*1-2H3. The molecule has 2 aliphatic rings. The highest BCUT2D eigenvalue weighted by molar-refractivity contribution is 4.84. The fourth-order valence-corrected chi connectivity index (χ4v) is 2.82. The van der Waals surface area contributed by atoms with Crippen molar-refractivity contribution in [3.05, 3.63) is 0 Å². The molecular weight excluding hydrogens is 389 g/mol. The summed E-state index contributed by atoms with van der Waals surface area (Å²) in [5.74, 6) is -5.42. The molecule has 0 aromatic carbocycles. The largest absolute Gasteiger partial charge is 0.401 e. The van der Waals surface area contributed by atoms with Crippen LogP contribution in [0.15, 0.2) is 0 Å². The number of halogens is 7. The molecule has 0 aromatic rings. The van der Waals surface area contributed by atoms with Crippen LogP contribution in [0.25, 0.3) is 0 Å². The minimum Gasteiger partial charge on any atom is -0.298 e. The van der Waals surface area contributed by atoms with E-state index in [1.807, 2.05) is 34.6 Å². The predicted octanol–water partition coefficient (Wildman–Crippen LogP) is 6.46. The second-order valence-corrected chi connectivity index (χ2v) is 6.92. The van der Waals surface area contributed by atoms with Crippen molar-refractivity contribution < 1.29 is 30.7 Å². The maximum atomic E-state index is 12.8. The molecule has 9 heteroatoms. The summed E-state index contributed by atoms with van der Waals surface area (Å²) >= 11 is 0. The summed E-state index contributed by atoms with van der Waals surface area (Å²) in [4.78, 5) is 2.51. The highest BCUT2D eigenvalue weighted by Gasteiger charge is 2.42. The molecule has 0 N–H and O–H groups in total. The van der Waals surface area contributed by atoms with Crippen LogP contribution in [0.4, 0.5) is 30.7 Å². The van der Waals surface area contributed by atoms with Gasteiger partial charge in [0, 0.05) is 24.9 Å². The van der Waals surface area contributed by atoms with Gasteiger partial charge < -0.3 is 0 Å². The van der Waals surface area contributed by atoms with E-state index in [9.17, 15) is 30.7 Å². The Bertz CT molecular complexity index is 398. The Morgan fingerprint density at radius 2 is 1.18 bits per heavy atom. The summed E-state index contributed by atoms with van der Waals surface area (Å²) in [7, 11) is 1.75. The molecule has 2 nitrogen and oxygen atoms in total. The lowest BCUT2D eigenvalue weighted by Crippen LogP contribution is -2.50. The molecule has 2 saturated heterocycles. The normalized spacial score (nSPS) is 27.2. The molecular formula is C19H37F7N2. The first-order valence-electron chi connectivity index (χ1n) is 9.97. The van der Waals surface area contributed by atoms with Gasteiger partial charge in [-0.15, -0.1) is 0 Å². The molecule has 0 saturated carbocycles. The maximum Gasteiger partial charge on any atom is 0.401 e. The van der Waals surface area contributed by atoms with E-state index in [0.29, 0.717) is 12.5 Å². The minimum atomic E-state index is -4.40. The van der Waals surface area contributed by atoms with E-state index in [0.717, 1.165) is 4.90 Å². The van der Waals surface area contributed by atoms with E-state index in [-0.39, 0.29) is 25.8 Å². The summed E-state index contributed by atoms with van der Waals surface area (Å²) < 4.78 is 86.7. The summed E-state index contributed by atoms with van der Waals surface area (Å²) in [6.45, 7) is 9.42. The second-order valence-electron chi connectivity index (χ2n) is 6.92. The van der Waals surface area contributed by atoms with Crippen LogP contribution in [-0.2, 0) is 0 Å². The van der Waals surface area contributed by atoms with Crippen LogP contribution in [0.5, 0.6) is 0 Å². The maximum absolute atomic E-state index is 12.8. The second kappa shape index (κ2) is 12.9. The van der Waals surface area contributed by atoms with Crippen LogP contribution in [-0.4, -0.2) is 66.6 Å². The van der Waals surface area contributed by atoms with Gasteiger partial charge in [-0.05, 0) is 33.7 Å². The molecule has 0 spiro atoms. The van der Waals surface area contributed by atoms with Crippen molar-refractivity contribution in [3.63, 3.8) is 0 Å². The van der Waals surface area contributed by atoms with Crippen molar-refractivity contribution in [2.75, 3.05) is 26.7 Å². The SMILES string of the molecule is CC.CC.CC1CCC(F)(F)CN1C.CC1CCC(F)(F)CN1CC(F)(F)F. The van der Waals surface area contributed by atoms with Crippen molar-refractivity contribution in [2.45, 2.75) is 97.3 Å². The third kappa shape index (κ3) is 12.8. The Labute approximate surface area is 165 Å². The molecule has 28 heavy (non-hydrogen) atoms. The summed E-state index contributed by atoms with van der Waals surface area (Å²) in [5, 5.41) is 0. The Balaban J connectivity index is 0. The minimum absolute atomic E-state index is 0.0541. The van der Waals surface area contributed by atoms with Crippen LogP contribution in [0.1, 0.15) is 67.2 Å². The number of hydrogen-bond donors (Lipinski definition) is 0. The van der Waals surface area contributed by atoms with Crippen LogP contribution in [0.3, 0.4) is 0 Å². The zero-order valence-corrected chi connectivity index (χ0v) is 18.1. The number of hydrogen-bond acceptors (Lipinski definition) is 2. The third-order valence-electron chi connectivity index (χ3n) is 4.53. The first-order valence-corrected chi connectivity index (χ1v) is 9.97. The number of rotatable bonds is 1. The van der Waals surface area contributed by atoms with Gasteiger partial charge in [-0.25, -0.2) is 17.6 Å². The molecule has 2 fully saturated rings. The summed E-state index contributed by atoms with van der Waals surface area (Å²) in [6.07, 6.45) is -3.94. The van der Waals surface area contributed by atoms with Gasteiger partial charge in [0.1, 0.15) is 0 Å². The van der Waals surface area contributed by atoms with Crippen LogP contribution in [0, 0.1) is 0 Å². The van der Waals surface area contributed by atoms with Gasteiger partial charge in [0.25, 0.3) is 11.8 Å². The van der Waals surface area contributed by atoms with Gasteiger partial charge in [0.2, 0.25) is 0 Å². The number of nitrogens with zero attached hydrogens (tertiary/aromatic N) is 2. The third-order valence-corrected chi connectivity index (χ3v) is 4.53. The van der Waals surface area contributed by atoms with Crippen molar-refractivity contribution in [1.29, 1.82) is 0 Å². The molecule has 2 rings (SSSR count). The first kappa shape index (κ1) is 29.6. The van der Waals surface area contributed by atoms with Gasteiger partial charge in [0.15, 0.2) is 0 Å². The zero-order valence-electron chi connectivity index (χ0n) is 18.1. The number of piperidine rings is 2. The van der Waals surface area contributed by atoms with E-state index in [1.165, 1.54) is 0 Å². The van der Waals surface area contributed by atoms with E-state index < -0.39 is 37.2 Å². The van der Waals surface area contributed by atoms with Gasteiger partial charge in [-0.1, -0.05) is 27.7 Å². The van der Waals surface area contributed by atoms with E-state index >= 15 is 0 Å². The van der Waals surface area contributed by atoms with Gasteiger partial charge in [0.05, 0.1) is 19.6 Å². The molecule has 0 aromatic heterocycles. The Morgan fingerprint density at radius 3 is 1.54 bits per heavy atom. The van der Waals surface area contributed by atoms with Crippen molar-refractivity contribution in [3.8, 4) is 0 Å². The average molecular weight is 427 g/mol. The molecule has 2 heterocycles. The topological polar surface area (TPSA) is 6.48 Å². The molecule has 2 unspecified atom stereocenters. The lowest BCUT2D eigenvalue weighted by molar-refractivity contribution is -0.171. The fraction of sp³-hybridized carbons (Fsp3) is 1.00. The highest BCUT2D eigenvalue weighted by Crippen LogP contribution is 2.32. The molecule has 2 aliphatic heterocycles. The predicted molar refractivity (Wildman–Crippen MR) is 100 cm³/mol. The monoisotopic (exact) mass is 426 g/mol. The van der Waals surface area contributed by atoms with Crippen LogP contribution >= 0.6 is 0 Å². The van der Waals surface area contributed by atoms with E-state index in [1.54, 1.807) is 18.9 Å². The lowest BCUT2D eigenvalue weighted by Gasteiger charge is -2.37. The van der Waals surface area contributed by atoms with E-state index in [2.05, 4.69) is 0 Å². The molecule has 2 atom stereocenters. The van der Waals surface area contributed by atoms with Crippen LogP contribution in [0.2, 0.25) is 0 Å². The molecule has 0 aliphatic carbocycles. The van der Waals surface area contributed by atoms with Crippen molar-refractivity contribution >= 4 is 0 Å². The number of likely N-dealkylation sites (tertiary alicyclic amines) is 2. The Hall–Kier alpha value is -0.570. The fourth-order valence-electron chi connectivity index (χ4n) is 2.82. The Kier molecular flexibility index (Phi) is 13.6. The summed E-state index contributed by atoms with van der Waals surface area (Å²) in [6, 6.07) is -0.101. The number of alkyl halides is 7. The first-order chi connectivity index (χ1) is 12.7. The molecule has 172 valence electrons. The smallest absolute Gasteiger partial charge is 0.298 e. The van der Waals surface area contributed by atoms with Gasteiger partial charge >= 0.3 is 6.18 Å². The van der Waals surface area contributed by atoms with Crippen molar-refractivity contribution in [2.24, 2.45) is 0 Å². The van der Waals surface area contributed by atoms with E-state index in [4.69, 9.17) is 0 Å². The zero-order chi connectivity index (χ0) is 22.8. The quantitative estimate of drug-likeness (QED) is 0.444. The highest BCUT2D eigenvalue weighted by atomic mass is 19.4. The lowest BCUT2D eigenvalue weighted by atomic mass is 10.0. The van der Waals surface area contributed by atoms with Crippen molar-refractivity contribution in [1.82, 2.24) is 9.80 Å². The van der Waals surface area contributed by atoms with Crippen LogP contribution < -0.4 is 0 Å². The molecule has 0 radical (unpaired) electrons. The van der Waals surface area contributed by atoms with Gasteiger partial charge in [-0.2, -0.15) is 13.2 Å². The Morgan fingerprint density at radius 1 is 0.786 bits per heavy atom. The van der Waals surface area contributed by atoms with Gasteiger partial charge in [-0.3, -0.25) is 9.80 Å². The summed E-state index contributed by atoms with van der Waals surface area (Å²) in [5.41, 5.74) is 0.